The number of fused-ring (bicyclic) bond motifs is 1. The number of aliphatic carboxylic acids is 1. The molecule has 3 rings (SSSR count). The first kappa shape index (κ1) is 12.7. The lowest BCUT2D eigenvalue weighted by Gasteiger charge is -1.95. The van der Waals surface area contributed by atoms with E-state index in [1.165, 1.54) is 22.7 Å². The maximum absolute atomic E-state index is 10.6. The minimum Gasteiger partial charge on any atom is -0.481 e. The van der Waals surface area contributed by atoms with E-state index < -0.39 is 5.97 Å². The number of nitrogens with zero attached hydrogens (tertiary/aromatic N) is 2. The molecule has 0 aromatic carbocycles. The molecule has 0 amide bonds. The highest BCUT2D eigenvalue weighted by molar-refractivity contribution is 7.19. The highest BCUT2D eigenvalue weighted by Crippen LogP contribution is 2.31. The third-order valence-corrected chi connectivity index (χ3v) is 4.85. The van der Waals surface area contributed by atoms with Crippen LogP contribution in [0.2, 0.25) is 4.34 Å². The average molecular weight is 313 g/mol. The number of thiazole rings is 1. The van der Waals surface area contributed by atoms with Crippen molar-refractivity contribution in [2.45, 2.75) is 12.8 Å². The first-order valence-corrected chi connectivity index (χ1v) is 7.64. The van der Waals surface area contributed by atoms with Gasteiger partial charge in [0, 0.05) is 17.3 Å². The summed E-state index contributed by atoms with van der Waals surface area (Å²) >= 11 is 8.92. The second-order valence-corrected chi connectivity index (χ2v) is 6.55. The molecule has 3 aromatic rings. The Bertz CT molecular complexity index is 744. The number of imidazole rings is 1. The van der Waals surface area contributed by atoms with Gasteiger partial charge in [0.1, 0.15) is 5.69 Å². The first-order chi connectivity index (χ1) is 9.13. The van der Waals surface area contributed by atoms with E-state index in [0.29, 0.717) is 6.42 Å². The van der Waals surface area contributed by atoms with Gasteiger partial charge in [-0.3, -0.25) is 9.20 Å². The molecule has 1 N–H and O–H groups in total. The van der Waals surface area contributed by atoms with Gasteiger partial charge in [-0.25, -0.2) is 4.98 Å². The van der Waals surface area contributed by atoms with Gasteiger partial charge in [-0.15, -0.1) is 22.7 Å². The molecule has 0 fully saturated rings. The number of carboxylic acids is 1. The number of aromatic nitrogens is 2. The molecule has 19 heavy (non-hydrogen) atoms. The predicted molar refractivity (Wildman–Crippen MR) is 77.3 cm³/mol. The van der Waals surface area contributed by atoms with Crippen molar-refractivity contribution >= 4 is 45.2 Å². The monoisotopic (exact) mass is 312 g/mol. The molecule has 0 unspecified atom stereocenters. The summed E-state index contributed by atoms with van der Waals surface area (Å²) in [4.78, 5) is 17.0. The molecule has 4 nitrogen and oxygen atoms in total. The molecular weight excluding hydrogens is 304 g/mol. The van der Waals surface area contributed by atoms with Crippen LogP contribution in [0.4, 0.5) is 0 Å². The van der Waals surface area contributed by atoms with Gasteiger partial charge in [0.15, 0.2) is 4.96 Å². The Balaban J connectivity index is 1.95. The summed E-state index contributed by atoms with van der Waals surface area (Å²) < 4.78 is 2.69. The summed E-state index contributed by atoms with van der Waals surface area (Å²) in [5, 5.41) is 10.7. The number of thiophene rings is 1. The van der Waals surface area contributed by atoms with Crippen LogP contribution in [0.25, 0.3) is 15.5 Å². The summed E-state index contributed by atoms with van der Waals surface area (Å²) in [5.41, 5.74) is 1.85. The van der Waals surface area contributed by atoms with Crippen molar-refractivity contribution in [3.8, 4) is 10.6 Å². The molecule has 0 spiro atoms. The van der Waals surface area contributed by atoms with Crippen molar-refractivity contribution in [1.82, 2.24) is 9.38 Å². The number of hydrogen-bond acceptors (Lipinski definition) is 4. The van der Waals surface area contributed by atoms with Crippen LogP contribution in [0.5, 0.6) is 0 Å². The number of carboxylic acid groups (broad SMARTS) is 1. The van der Waals surface area contributed by atoms with Crippen molar-refractivity contribution in [2.24, 2.45) is 0 Å². The van der Waals surface area contributed by atoms with Crippen molar-refractivity contribution in [3.05, 3.63) is 33.7 Å². The lowest BCUT2D eigenvalue weighted by atomic mass is 10.2. The minimum absolute atomic E-state index is 0.129. The Morgan fingerprint density at radius 2 is 2.32 bits per heavy atom. The number of halogens is 1. The van der Waals surface area contributed by atoms with Crippen molar-refractivity contribution < 1.29 is 9.90 Å². The Hall–Kier alpha value is -1.37. The van der Waals surface area contributed by atoms with Crippen LogP contribution in [0.3, 0.4) is 0 Å². The van der Waals surface area contributed by atoms with Gasteiger partial charge in [0.2, 0.25) is 0 Å². The molecule has 7 heteroatoms. The second-order valence-electron chi connectivity index (χ2n) is 4.00. The largest absolute Gasteiger partial charge is 0.481 e. The Morgan fingerprint density at radius 1 is 1.47 bits per heavy atom. The Labute approximate surface area is 121 Å². The molecule has 0 saturated carbocycles. The van der Waals surface area contributed by atoms with Crippen LogP contribution < -0.4 is 0 Å². The van der Waals surface area contributed by atoms with E-state index in [0.717, 1.165) is 25.6 Å². The third-order valence-electron chi connectivity index (χ3n) is 2.70. The van der Waals surface area contributed by atoms with Gasteiger partial charge < -0.3 is 5.11 Å². The number of aryl methyl sites for hydroxylation is 1. The van der Waals surface area contributed by atoms with Crippen LogP contribution in [0, 0.1) is 0 Å². The van der Waals surface area contributed by atoms with Gasteiger partial charge in [-0.05, 0) is 18.6 Å². The van der Waals surface area contributed by atoms with Crippen molar-refractivity contribution in [2.75, 3.05) is 0 Å². The smallest absolute Gasteiger partial charge is 0.303 e. The SMILES string of the molecule is O=C(O)CCc1csc2nc(-c3ccc(Cl)s3)cn12. The number of hydrogen-bond donors (Lipinski definition) is 1. The molecule has 0 bridgehead atoms. The lowest BCUT2D eigenvalue weighted by molar-refractivity contribution is -0.136. The zero-order chi connectivity index (χ0) is 13.4. The van der Waals surface area contributed by atoms with E-state index in [9.17, 15) is 4.79 Å². The Morgan fingerprint density at radius 3 is 3.00 bits per heavy atom. The molecule has 0 aliphatic rings. The molecule has 0 radical (unpaired) electrons. The van der Waals surface area contributed by atoms with E-state index >= 15 is 0 Å². The van der Waals surface area contributed by atoms with E-state index in [2.05, 4.69) is 4.98 Å². The molecule has 98 valence electrons. The fraction of sp³-hybridized carbons (Fsp3) is 0.167. The molecule has 0 saturated heterocycles. The average Bonchev–Trinajstić information content (AvgIpc) is 3.00. The van der Waals surface area contributed by atoms with Crippen LogP contribution in [0.1, 0.15) is 12.1 Å². The Kier molecular flexibility index (Phi) is 3.30. The van der Waals surface area contributed by atoms with Gasteiger partial charge >= 0.3 is 5.97 Å². The summed E-state index contributed by atoms with van der Waals surface area (Å²) in [6, 6.07) is 3.79. The quantitative estimate of drug-likeness (QED) is 0.797. The number of carbonyl (C=O) groups is 1. The van der Waals surface area contributed by atoms with E-state index in [-0.39, 0.29) is 6.42 Å². The van der Waals surface area contributed by atoms with Crippen LogP contribution in [-0.2, 0) is 11.2 Å². The summed E-state index contributed by atoms with van der Waals surface area (Å²) in [7, 11) is 0. The normalized spacial score (nSPS) is 11.2. The highest BCUT2D eigenvalue weighted by Gasteiger charge is 2.11. The van der Waals surface area contributed by atoms with E-state index in [1.54, 1.807) is 0 Å². The summed E-state index contributed by atoms with van der Waals surface area (Å²) in [6.07, 6.45) is 2.58. The molecular formula is C12H9ClN2O2S2. The van der Waals surface area contributed by atoms with Crippen molar-refractivity contribution in [3.63, 3.8) is 0 Å². The fourth-order valence-electron chi connectivity index (χ4n) is 1.81. The molecule has 0 aliphatic heterocycles. The van der Waals surface area contributed by atoms with Crippen LogP contribution >= 0.6 is 34.3 Å². The van der Waals surface area contributed by atoms with Gasteiger partial charge in [-0.1, -0.05) is 11.6 Å². The van der Waals surface area contributed by atoms with Gasteiger partial charge in [-0.2, -0.15) is 0 Å². The topological polar surface area (TPSA) is 54.6 Å². The van der Waals surface area contributed by atoms with E-state index in [1.807, 2.05) is 28.1 Å². The van der Waals surface area contributed by atoms with Gasteiger partial charge in [0.25, 0.3) is 0 Å². The summed E-state index contributed by atoms with van der Waals surface area (Å²) in [5.74, 6) is -0.787. The van der Waals surface area contributed by atoms with Gasteiger partial charge in [0.05, 0.1) is 15.6 Å². The minimum atomic E-state index is -0.787. The number of rotatable bonds is 4. The van der Waals surface area contributed by atoms with Crippen molar-refractivity contribution in [1.29, 1.82) is 0 Å². The van der Waals surface area contributed by atoms with Crippen LogP contribution in [0.15, 0.2) is 23.7 Å². The lowest BCUT2D eigenvalue weighted by Crippen LogP contribution is -1.99. The maximum Gasteiger partial charge on any atom is 0.303 e. The molecule has 0 atom stereocenters. The standard InChI is InChI=1S/C12H9ClN2O2S2/c13-10-3-2-9(19-10)8-5-15-7(1-4-11(16)17)6-18-12(15)14-8/h2-3,5-6H,1,4H2,(H,16,17). The zero-order valence-corrected chi connectivity index (χ0v) is 12.1. The van der Waals surface area contributed by atoms with Crippen LogP contribution in [-0.4, -0.2) is 20.5 Å². The van der Waals surface area contributed by atoms with E-state index in [4.69, 9.17) is 16.7 Å². The first-order valence-electron chi connectivity index (χ1n) is 5.56. The fourth-order valence-corrected chi connectivity index (χ4v) is 3.72. The predicted octanol–water partition coefficient (Wildman–Crippen LogP) is 3.79. The molecule has 3 heterocycles. The zero-order valence-electron chi connectivity index (χ0n) is 9.67. The maximum atomic E-state index is 10.6. The summed E-state index contributed by atoms with van der Waals surface area (Å²) in [6.45, 7) is 0. The molecule has 0 aliphatic carbocycles. The highest BCUT2D eigenvalue weighted by atomic mass is 35.5. The second kappa shape index (κ2) is 4.96. The molecule has 3 aromatic heterocycles. The third kappa shape index (κ3) is 2.51.